The van der Waals surface area contributed by atoms with Gasteiger partial charge in [0.2, 0.25) is 15.9 Å². The van der Waals surface area contributed by atoms with Crippen LogP contribution in [0.1, 0.15) is 12.8 Å². The number of ether oxygens (including phenoxy) is 2. The first-order valence-corrected chi connectivity index (χ1v) is 8.51. The number of hydrogen-bond donors (Lipinski definition) is 2. The molecular weight excluding hydrogens is 308 g/mol. The predicted molar refractivity (Wildman–Crippen MR) is 80.2 cm³/mol. The molecule has 1 amide bonds. The Morgan fingerprint density at radius 2 is 2.09 bits per heavy atom. The van der Waals surface area contributed by atoms with E-state index in [0.717, 1.165) is 12.8 Å². The summed E-state index contributed by atoms with van der Waals surface area (Å²) >= 11 is 0. The highest BCUT2D eigenvalue weighted by atomic mass is 32.2. The third-order valence-corrected chi connectivity index (χ3v) is 4.76. The van der Waals surface area contributed by atoms with Crippen molar-refractivity contribution >= 4 is 15.9 Å². The molecule has 1 atom stereocenters. The van der Waals surface area contributed by atoms with E-state index in [0.29, 0.717) is 18.9 Å². The van der Waals surface area contributed by atoms with Crippen molar-refractivity contribution in [1.82, 2.24) is 10.0 Å². The normalized spacial score (nSPS) is 18.1. The minimum atomic E-state index is -3.72. The maximum Gasteiger partial charge on any atom is 0.241 e. The number of carbonyl (C=O) groups excluding carboxylic acids is 1. The van der Waals surface area contributed by atoms with Crippen molar-refractivity contribution < 1.29 is 22.7 Å². The van der Waals surface area contributed by atoms with E-state index in [-0.39, 0.29) is 23.5 Å². The van der Waals surface area contributed by atoms with Gasteiger partial charge in [-0.1, -0.05) is 0 Å². The molecule has 0 aliphatic carbocycles. The van der Waals surface area contributed by atoms with Gasteiger partial charge in [0.25, 0.3) is 0 Å². The van der Waals surface area contributed by atoms with Gasteiger partial charge < -0.3 is 14.8 Å². The third kappa shape index (κ3) is 4.69. The topological polar surface area (TPSA) is 93.7 Å². The van der Waals surface area contributed by atoms with Crippen LogP contribution in [0.25, 0.3) is 0 Å². The first-order chi connectivity index (χ1) is 10.5. The van der Waals surface area contributed by atoms with Gasteiger partial charge in [-0.25, -0.2) is 13.1 Å². The molecule has 0 unspecified atom stereocenters. The second kappa shape index (κ2) is 7.57. The Kier molecular flexibility index (Phi) is 5.76. The largest absolute Gasteiger partial charge is 0.497 e. The molecule has 22 heavy (non-hydrogen) atoms. The van der Waals surface area contributed by atoms with Crippen LogP contribution in [0.3, 0.4) is 0 Å². The van der Waals surface area contributed by atoms with Crippen LogP contribution in [-0.2, 0) is 19.6 Å². The maximum absolute atomic E-state index is 12.0. The molecule has 0 saturated carbocycles. The van der Waals surface area contributed by atoms with Crippen LogP contribution >= 0.6 is 0 Å². The summed E-state index contributed by atoms with van der Waals surface area (Å²) in [6.07, 6.45) is 1.94. The summed E-state index contributed by atoms with van der Waals surface area (Å²) in [6.45, 7) is 0.814. The predicted octanol–water partition coefficient (Wildman–Crippen LogP) is 0.269. The van der Waals surface area contributed by atoms with E-state index in [9.17, 15) is 13.2 Å². The molecule has 1 heterocycles. The first kappa shape index (κ1) is 16.7. The van der Waals surface area contributed by atoms with Gasteiger partial charge in [0, 0.05) is 13.2 Å². The average molecular weight is 328 g/mol. The second-order valence-electron chi connectivity index (χ2n) is 4.94. The zero-order valence-corrected chi connectivity index (χ0v) is 13.2. The van der Waals surface area contributed by atoms with Crippen LogP contribution in [0.4, 0.5) is 0 Å². The lowest BCUT2D eigenvalue weighted by Crippen LogP contribution is -2.39. The van der Waals surface area contributed by atoms with E-state index in [1.165, 1.54) is 19.2 Å². The van der Waals surface area contributed by atoms with E-state index < -0.39 is 10.0 Å². The Hall–Kier alpha value is -1.64. The summed E-state index contributed by atoms with van der Waals surface area (Å²) in [6, 6.07) is 5.94. The van der Waals surface area contributed by atoms with Gasteiger partial charge >= 0.3 is 0 Å². The second-order valence-corrected chi connectivity index (χ2v) is 6.71. The lowest BCUT2D eigenvalue weighted by Gasteiger charge is -2.11. The van der Waals surface area contributed by atoms with Crippen molar-refractivity contribution in [3.8, 4) is 5.75 Å². The quantitative estimate of drug-likeness (QED) is 0.749. The molecule has 0 bridgehead atoms. The van der Waals surface area contributed by atoms with Crippen molar-refractivity contribution in [2.75, 3.05) is 26.8 Å². The number of sulfonamides is 1. The van der Waals surface area contributed by atoms with Crippen LogP contribution in [0.5, 0.6) is 5.75 Å². The van der Waals surface area contributed by atoms with Crippen LogP contribution < -0.4 is 14.8 Å². The van der Waals surface area contributed by atoms with Crippen molar-refractivity contribution in [2.45, 2.75) is 23.8 Å². The van der Waals surface area contributed by atoms with Gasteiger partial charge in [-0.3, -0.25) is 4.79 Å². The van der Waals surface area contributed by atoms with Crippen LogP contribution in [0, 0.1) is 0 Å². The molecule has 1 aromatic carbocycles. The molecule has 0 spiro atoms. The van der Waals surface area contributed by atoms with Crippen LogP contribution in [0.2, 0.25) is 0 Å². The monoisotopic (exact) mass is 328 g/mol. The van der Waals surface area contributed by atoms with E-state index >= 15 is 0 Å². The maximum atomic E-state index is 12.0. The highest BCUT2D eigenvalue weighted by Crippen LogP contribution is 2.15. The van der Waals surface area contributed by atoms with Crippen molar-refractivity contribution in [1.29, 1.82) is 0 Å². The van der Waals surface area contributed by atoms with E-state index in [1.807, 2.05) is 0 Å². The molecule has 2 rings (SSSR count). The minimum Gasteiger partial charge on any atom is -0.497 e. The summed E-state index contributed by atoms with van der Waals surface area (Å²) in [5.74, 6) is 0.181. The van der Waals surface area contributed by atoms with E-state index in [4.69, 9.17) is 9.47 Å². The molecule has 1 saturated heterocycles. The SMILES string of the molecule is COc1ccc(S(=O)(=O)NCC(=O)NC[C@H]2CCCO2)cc1. The zero-order valence-electron chi connectivity index (χ0n) is 12.4. The summed E-state index contributed by atoms with van der Waals surface area (Å²) in [7, 11) is -2.22. The van der Waals surface area contributed by atoms with Crippen molar-refractivity contribution in [3.05, 3.63) is 24.3 Å². The Labute approximate surface area is 130 Å². The van der Waals surface area contributed by atoms with Gasteiger partial charge in [0.15, 0.2) is 0 Å². The van der Waals surface area contributed by atoms with E-state index in [1.54, 1.807) is 12.1 Å². The van der Waals surface area contributed by atoms with Crippen LogP contribution in [0.15, 0.2) is 29.2 Å². The number of methoxy groups -OCH3 is 1. The lowest BCUT2D eigenvalue weighted by molar-refractivity contribution is -0.120. The number of nitrogens with one attached hydrogen (secondary N) is 2. The molecule has 0 aromatic heterocycles. The highest BCUT2D eigenvalue weighted by Gasteiger charge is 2.18. The zero-order chi connectivity index (χ0) is 16.0. The molecule has 122 valence electrons. The molecule has 7 nitrogen and oxygen atoms in total. The summed E-state index contributed by atoms with van der Waals surface area (Å²) < 4.78 is 36.7. The fourth-order valence-electron chi connectivity index (χ4n) is 2.09. The molecule has 1 aliphatic rings. The number of carbonyl (C=O) groups is 1. The highest BCUT2D eigenvalue weighted by molar-refractivity contribution is 7.89. The Morgan fingerprint density at radius 3 is 2.68 bits per heavy atom. The fraction of sp³-hybridized carbons (Fsp3) is 0.500. The number of benzene rings is 1. The molecule has 8 heteroatoms. The van der Waals surface area contributed by atoms with Crippen molar-refractivity contribution in [2.24, 2.45) is 0 Å². The molecule has 1 aliphatic heterocycles. The summed E-state index contributed by atoms with van der Waals surface area (Å²) in [4.78, 5) is 11.7. The summed E-state index contributed by atoms with van der Waals surface area (Å²) in [5, 5.41) is 2.66. The number of amides is 1. The average Bonchev–Trinajstić information content (AvgIpc) is 3.04. The Bertz CT molecular complexity index is 594. The van der Waals surface area contributed by atoms with Gasteiger partial charge in [-0.2, -0.15) is 0 Å². The minimum absolute atomic E-state index is 0.0298. The summed E-state index contributed by atoms with van der Waals surface area (Å²) in [5.41, 5.74) is 0. The van der Waals surface area contributed by atoms with Gasteiger partial charge in [0.1, 0.15) is 5.75 Å². The van der Waals surface area contributed by atoms with Gasteiger partial charge in [0.05, 0.1) is 24.7 Å². The van der Waals surface area contributed by atoms with Crippen LogP contribution in [-0.4, -0.2) is 47.2 Å². The third-order valence-electron chi connectivity index (χ3n) is 3.34. The lowest BCUT2D eigenvalue weighted by atomic mass is 10.2. The van der Waals surface area contributed by atoms with Gasteiger partial charge in [-0.15, -0.1) is 0 Å². The molecule has 1 aromatic rings. The Balaban J connectivity index is 1.81. The Morgan fingerprint density at radius 1 is 1.36 bits per heavy atom. The van der Waals surface area contributed by atoms with E-state index in [2.05, 4.69) is 10.0 Å². The van der Waals surface area contributed by atoms with Crippen molar-refractivity contribution in [3.63, 3.8) is 0 Å². The molecular formula is C14H20N2O5S. The molecule has 2 N–H and O–H groups in total. The number of rotatable bonds is 7. The standard InChI is InChI=1S/C14H20N2O5S/c1-20-11-4-6-13(7-5-11)22(18,19)16-10-14(17)15-9-12-3-2-8-21-12/h4-7,12,16H,2-3,8-10H2,1H3,(H,15,17)/t12-/m1/s1. The fourth-order valence-corrected chi connectivity index (χ4v) is 3.08. The first-order valence-electron chi connectivity index (χ1n) is 7.03. The molecule has 0 radical (unpaired) electrons. The smallest absolute Gasteiger partial charge is 0.241 e. The van der Waals surface area contributed by atoms with Gasteiger partial charge in [-0.05, 0) is 37.1 Å². The number of hydrogen-bond acceptors (Lipinski definition) is 5. The molecule has 1 fully saturated rings.